The summed E-state index contributed by atoms with van der Waals surface area (Å²) in [7, 11) is 0. The van der Waals surface area contributed by atoms with Gasteiger partial charge in [0.25, 0.3) is 0 Å². The Morgan fingerprint density at radius 1 is 0.933 bits per heavy atom. The third-order valence-corrected chi connectivity index (χ3v) is 3.02. The standard InChI is InChI=1S/C14H15N/c1-2-6-12(7-3-1)14(13-8-9-13)15-10-4-5-11-15/h1-7H,8-11H2. The Kier molecular flexibility index (Phi) is 2.09. The Morgan fingerprint density at radius 3 is 2.20 bits per heavy atom. The summed E-state index contributed by atoms with van der Waals surface area (Å²) in [5, 5.41) is 0. The van der Waals surface area contributed by atoms with Crippen LogP contribution in [0.2, 0.25) is 0 Å². The molecule has 1 aliphatic heterocycles. The van der Waals surface area contributed by atoms with E-state index in [1.807, 2.05) is 0 Å². The molecule has 1 nitrogen and oxygen atoms in total. The summed E-state index contributed by atoms with van der Waals surface area (Å²) in [6.45, 7) is 2.15. The summed E-state index contributed by atoms with van der Waals surface area (Å²) in [5.41, 5.74) is 4.50. The quantitative estimate of drug-likeness (QED) is 0.659. The molecule has 0 N–H and O–H groups in total. The maximum Gasteiger partial charge on any atom is 0.0437 e. The van der Waals surface area contributed by atoms with Gasteiger partial charge in [-0.15, -0.1) is 0 Å². The first kappa shape index (κ1) is 8.78. The summed E-state index contributed by atoms with van der Waals surface area (Å²) in [4.78, 5) is 2.47. The van der Waals surface area contributed by atoms with E-state index in [4.69, 9.17) is 0 Å². The van der Waals surface area contributed by atoms with Crippen LogP contribution in [0.4, 0.5) is 0 Å². The minimum absolute atomic E-state index is 1.08. The van der Waals surface area contributed by atoms with Crippen molar-refractivity contribution in [2.45, 2.75) is 12.8 Å². The summed E-state index contributed by atoms with van der Waals surface area (Å²) >= 11 is 0. The number of hydrogen-bond acceptors (Lipinski definition) is 1. The predicted octanol–water partition coefficient (Wildman–Crippen LogP) is 3.06. The first-order valence-corrected chi connectivity index (χ1v) is 5.62. The van der Waals surface area contributed by atoms with E-state index in [-0.39, 0.29) is 0 Å². The van der Waals surface area contributed by atoms with Crippen LogP contribution in [-0.2, 0) is 0 Å². The van der Waals surface area contributed by atoms with E-state index in [0.717, 1.165) is 13.1 Å². The van der Waals surface area contributed by atoms with Gasteiger partial charge in [0.05, 0.1) is 0 Å². The molecule has 2 aliphatic rings. The zero-order chi connectivity index (χ0) is 10.1. The molecule has 0 spiro atoms. The van der Waals surface area contributed by atoms with Crippen molar-refractivity contribution in [3.8, 4) is 0 Å². The highest BCUT2D eigenvalue weighted by Crippen LogP contribution is 2.38. The van der Waals surface area contributed by atoms with Gasteiger partial charge >= 0.3 is 0 Å². The topological polar surface area (TPSA) is 3.24 Å². The van der Waals surface area contributed by atoms with Crippen LogP contribution in [0, 0.1) is 0 Å². The largest absolute Gasteiger partial charge is 0.364 e. The van der Waals surface area contributed by atoms with E-state index in [2.05, 4.69) is 47.4 Å². The van der Waals surface area contributed by atoms with Crippen LogP contribution in [0.25, 0.3) is 5.70 Å². The first-order valence-electron chi connectivity index (χ1n) is 5.62. The van der Waals surface area contributed by atoms with Gasteiger partial charge in [-0.25, -0.2) is 0 Å². The molecule has 1 heterocycles. The molecule has 0 aromatic heterocycles. The maximum absolute atomic E-state index is 2.47. The lowest BCUT2D eigenvalue weighted by molar-refractivity contribution is 0.511. The van der Waals surface area contributed by atoms with E-state index >= 15 is 0 Å². The second-order valence-electron chi connectivity index (χ2n) is 4.19. The fourth-order valence-electron chi connectivity index (χ4n) is 2.17. The molecule has 1 aromatic carbocycles. The number of nitrogens with zero attached hydrogens (tertiary/aromatic N) is 1. The van der Waals surface area contributed by atoms with Crippen LogP contribution >= 0.6 is 0 Å². The van der Waals surface area contributed by atoms with Crippen molar-refractivity contribution in [2.75, 3.05) is 13.1 Å². The summed E-state index contributed by atoms with van der Waals surface area (Å²) < 4.78 is 0. The molecule has 1 fully saturated rings. The molecule has 1 saturated carbocycles. The van der Waals surface area contributed by atoms with Crippen molar-refractivity contribution in [1.29, 1.82) is 0 Å². The van der Waals surface area contributed by atoms with Crippen LogP contribution < -0.4 is 0 Å². The van der Waals surface area contributed by atoms with Gasteiger partial charge in [0.2, 0.25) is 0 Å². The van der Waals surface area contributed by atoms with Crippen LogP contribution in [0.15, 0.2) is 48.1 Å². The average Bonchev–Trinajstić information content (AvgIpc) is 2.96. The molecule has 1 heteroatoms. The lowest BCUT2D eigenvalue weighted by Crippen LogP contribution is -2.18. The molecule has 0 unspecified atom stereocenters. The lowest BCUT2D eigenvalue weighted by atomic mass is 10.1. The molecule has 0 radical (unpaired) electrons. The Morgan fingerprint density at radius 2 is 1.60 bits per heavy atom. The van der Waals surface area contributed by atoms with Gasteiger partial charge in [0.1, 0.15) is 0 Å². The van der Waals surface area contributed by atoms with Crippen molar-refractivity contribution < 1.29 is 0 Å². The smallest absolute Gasteiger partial charge is 0.0437 e. The van der Waals surface area contributed by atoms with Crippen LogP contribution in [0.3, 0.4) is 0 Å². The fraction of sp³-hybridized carbons (Fsp3) is 0.286. The van der Waals surface area contributed by atoms with Crippen LogP contribution in [0.1, 0.15) is 18.4 Å². The van der Waals surface area contributed by atoms with E-state index in [1.54, 1.807) is 5.57 Å². The SMILES string of the molecule is C1=CCN(C(=C2CC2)c2ccccc2)C1. The molecule has 3 rings (SSSR count). The van der Waals surface area contributed by atoms with Gasteiger partial charge in [0.15, 0.2) is 0 Å². The third kappa shape index (κ3) is 1.70. The molecule has 1 aromatic rings. The van der Waals surface area contributed by atoms with Crippen molar-refractivity contribution in [3.63, 3.8) is 0 Å². The number of rotatable bonds is 2. The minimum atomic E-state index is 1.08. The Labute approximate surface area is 90.7 Å². The molecule has 1 aliphatic carbocycles. The van der Waals surface area contributed by atoms with E-state index in [9.17, 15) is 0 Å². The van der Waals surface area contributed by atoms with Crippen molar-refractivity contribution in [2.24, 2.45) is 0 Å². The molecular formula is C14H15N. The normalized spacial score (nSPS) is 18.4. The van der Waals surface area contributed by atoms with Gasteiger partial charge in [-0.1, -0.05) is 42.5 Å². The van der Waals surface area contributed by atoms with Crippen molar-refractivity contribution in [1.82, 2.24) is 4.90 Å². The second kappa shape index (κ2) is 3.58. The average molecular weight is 197 g/mol. The highest BCUT2D eigenvalue weighted by atomic mass is 15.1. The Hall–Kier alpha value is -1.50. The van der Waals surface area contributed by atoms with Gasteiger partial charge < -0.3 is 4.90 Å². The summed E-state index contributed by atoms with van der Waals surface area (Å²) in [5.74, 6) is 0. The summed E-state index contributed by atoms with van der Waals surface area (Å²) in [6, 6.07) is 10.8. The zero-order valence-corrected chi connectivity index (χ0v) is 8.82. The maximum atomic E-state index is 2.47. The van der Waals surface area contributed by atoms with Gasteiger partial charge in [-0.05, 0) is 24.0 Å². The second-order valence-corrected chi connectivity index (χ2v) is 4.19. The third-order valence-electron chi connectivity index (χ3n) is 3.02. The molecule has 76 valence electrons. The fourth-order valence-corrected chi connectivity index (χ4v) is 2.17. The lowest BCUT2D eigenvalue weighted by Gasteiger charge is -2.22. The zero-order valence-electron chi connectivity index (χ0n) is 8.82. The van der Waals surface area contributed by atoms with E-state index in [0.29, 0.717) is 0 Å². The Balaban J connectivity index is 1.96. The van der Waals surface area contributed by atoms with Crippen molar-refractivity contribution >= 4 is 5.70 Å². The highest BCUT2D eigenvalue weighted by molar-refractivity contribution is 5.70. The molecule has 0 bridgehead atoms. The molecule has 0 atom stereocenters. The predicted molar refractivity (Wildman–Crippen MR) is 63.3 cm³/mol. The Bertz CT molecular complexity index is 400. The number of allylic oxidation sites excluding steroid dienone is 1. The molecule has 0 saturated heterocycles. The number of benzene rings is 1. The molecular weight excluding hydrogens is 182 g/mol. The van der Waals surface area contributed by atoms with E-state index < -0.39 is 0 Å². The van der Waals surface area contributed by atoms with Gasteiger partial charge in [-0.3, -0.25) is 0 Å². The van der Waals surface area contributed by atoms with Gasteiger partial charge in [0, 0.05) is 18.8 Å². The molecule has 0 amide bonds. The van der Waals surface area contributed by atoms with Crippen LogP contribution in [0.5, 0.6) is 0 Å². The van der Waals surface area contributed by atoms with Gasteiger partial charge in [-0.2, -0.15) is 0 Å². The van der Waals surface area contributed by atoms with Crippen molar-refractivity contribution in [3.05, 3.63) is 53.6 Å². The summed E-state index contributed by atoms with van der Waals surface area (Å²) in [6.07, 6.45) is 7.10. The monoisotopic (exact) mass is 197 g/mol. The van der Waals surface area contributed by atoms with E-state index in [1.165, 1.54) is 24.1 Å². The molecule has 15 heavy (non-hydrogen) atoms. The highest BCUT2D eigenvalue weighted by Gasteiger charge is 2.23. The minimum Gasteiger partial charge on any atom is -0.364 e. The van der Waals surface area contributed by atoms with Crippen LogP contribution in [-0.4, -0.2) is 18.0 Å². The number of hydrogen-bond donors (Lipinski definition) is 0. The first-order chi connectivity index (χ1) is 7.45.